The van der Waals surface area contributed by atoms with Crippen molar-refractivity contribution in [2.24, 2.45) is 0 Å². The maximum Gasteiger partial charge on any atom is 0.270 e. The van der Waals surface area contributed by atoms with Crippen molar-refractivity contribution in [2.45, 2.75) is 0 Å². The molecule has 2 radical (unpaired) electrons. The van der Waals surface area contributed by atoms with E-state index in [0.29, 0.717) is 5.59 Å². The Labute approximate surface area is 64.6 Å². The lowest BCUT2D eigenvalue weighted by Gasteiger charge is -1.92. The quantitative estimate of drug-likeness (QED) is 0.425. The number of hydrogen-bond acceptors (Lipinski definition) is 2. The Morgan fingerprint density at radius 2 is 2.30 bits per heavy atom. The molecule has 0 N–H and O–H groups in total. The van der Waals surface area contributed by atoms with Gasteiger partial charge in [-0.2, -0.15) is 0 Å². The van der Waals surface area contributed by atoms with Crippen molar-refractivity contribution in [3.8, 4) is 0 Å². The standard InChI is InChI=1S/C6H3BClNO/c7-5-3-1-2-4(9-5)6(8)10/h1-3H. The summed E-state index contributed by atoms with van der Waals surface area (Å²) in [6.07, 6.45) is 0. The summed E-state index contributed by atoms with van der Waals surface area (Å²) in [7, 11) is 5.27. The molecule has 2 nitrogen and oxygen atoms in total. The fourth-order valence-corrected chi connectivity index (χ4v) is 0.666. The third-order valence-corrected chi connectivity index (χ3v) is 1.17. The number of pyridine rings is 1. The van der Waals surface area contributed by atoms with E-state index >= 15 is 0 Å². The summed E-state index contributed by atoms with van der Waals surface area (Å²) in [6, 6.07) is 4.72. The van der Waals surface area contributed by atoms with E-state index in [4.69, 9.17) is 19.4 Å². The second kappa shape index (κ2) is 2.84. The number of carbonyl (C=O) groups excluding carboxylic acids is 1. The molecular formula is C6H3BClNO. The van der Waals surface area contributed by atoms with Crippen LogP contribution in [-0.2, 0) is 0 Å². The second-order valence-electron chi connectivity index (χ2n) is 1.72. The zero-order valence-electron chi connectivity index (χ0n) is 5.04. The Kier molecular flexibility index (Phi) is 2.07. The first-order chi connectivity index (χ1) is 4.70. The molecule has 0 aliphatic heterocycles. The monoisotopic (exact) mass is 151 g/mol. The third kappa shape index (κ3) is 1.58. The minimum Gasteiger partial charge on any atom is -0.274 e. The van der Waals surface area contributed by atoms with Gasteiger partial charge < -0.3 is 0 Å². The number of hydrogen-bond donors (Lipinski definition) is 0. The Bertz CT molecular complexity index is 264. The predicted octanol–water partition coefficient (Wildman–Crippen LogP) is 0.254. The molecule has 0 spiro atoms. The number of carbonyl (C=O) groups is 1. The van der Waals surface area contributed by atoms with Gasteiger partial charge in [-0.05, 0) is 23.3 Å². The Balaban J connectivity index is 3.07. The average Bonchev–Trinajstić information content (AvgIpc) is 1.88. The molecule has 1 rings (SSSR count). The van der Waals surface area contributed by atoms with E-state index in [1.807, 2.05) is 0 Å². The maximum atomic E-state index is 10.4. The van der Waals surface area contributed by atoms with Gasteiger partial charge in [0.1, 0.15) is 13.5 Å². The van der Waals surface area contributed by atoms with E-state index < -0.39 is 5.24 Å². The fraction of sp³-hybridized carbons (Fsp3) is 0. The van der Waals surface area contributed by atoms with Crippen LogP contribution in [0.2, 0.25) is 0 Å². The van der Waals surface area contributed by atoms with Crippen molar-refractivity contribution in [1.29, 1.82) is 0 Å². The molecule has 48 valence electrons. The number of aromatic nitrogens is 1. The van der Waals surface area contributed by atoms with E-state index in [-0.39, 0.29) is 5.69 Å². The Morgan fingerprint density at radius 1 is 1.60 bits per heavy atom. The van der Waals surface area contributed by atoms with E-state index in [2.05, 4.69) is 4.98 Å². The molecular weight excluding hydrogens is 148 g/mol. The van der Waals surface area contributed by atoms with E-state index in [1.165, 1.54) is 6.07 Å². The highest BCUT2D eigenvalue weighted by Gasteiger charge is 2.00. The van der Waals surface area contributed by atoms with Crippen LogP contribution in [0.5, 0.6) is 0 Å². The molecule has 10 heavy (non-hydrogen) atoms. The molecule has 0 aliphatic carbocycles. The molecule has 1 aromatic rings. The van der Waals surface area contributed by atoms with Gasteiger partial charge >= 0.3 is 0 Å². The normalized spacial score (nSPS) is 9.30. The van der Waals surface area contributed by atoms with Crippen molar-refractivity contribution in [3.05, 3.63) is 23.9 Å². The van der Waals surface area contributed by atoms with Gasteiger partial charge in [-0.3, -0.25) is 9.78 Å². The highest BCUT2D eigenvalue weighted by Crippen LogP contribution is 1.95. The van der Waals surface area contributed by atoms with Gasteiger partial charge in [-0.25, -0.2) is 0 Å². The maximum absolute atomic E-state index is 10.4. The van der Waals surface area contributed by atoms with Crippen LogP contribution >= 0.6 is 11.6 Å². The molecule has 0 amide bonds. The van der Waals surface area contributed by atoms with Crippen LogP contribution < -0.4 is 5.59 Å². The van der Waals surface area contributed by atoms with Crippen molar-refractivity contribution in [1.82, 2.24) is 4.98 Å². The highest BCUT2D eigenvalue weighted by atomic mass is 35.5. The van der Waals surface area contributed by atoms with Crippen LogP contribution in [0.15, 0.2) is 18.2 Å². The molecule has 4 heteroatoms. The molecule has 0 fully saturated rings. The number of rotatable bonds is 1. The summed E-state index contributed by atoms with van der Waals surface area (Å²) < 4.78 is 0. The van der Waals surface area contributed by atoms with Crippen LogP contribution in [0.3, 0.4) is 0 Å². The average molecular weight is 151 g/mol. The molecule has 1 aromatic heterocycles. The van der Waals surface area contributed by atoms with E-state index in [1.54, 1.807) is 12.1 Å². The summed E-state index contributed by atoms with van der Waals surface area (Å²) >= 11 is 5.12. The summed E-state index contributed by atoms with van der Waals surface area (Å²) in [6.45, 7) is 0. The van der Waals surface area contributed by atoms with Crippen LogP contribution in [0.4, 0.5) is 0 Å². The third-order valence-electron chi connectivity index (χ3n) is 0.972. The fourth-order valence-electron chi connectivity index (χ4n) is 0.561. The lowest BCUT2D eigenvalue weighted by Crippen LogP contribution is -2.10. The number of halogens is 1. The van der Waals surface area contributed by atoms with Crippen LogP contribution in [0.1, 0.15) is 10.5 Å². The molecule has 1 heterocycles. The van der Waals surface area contributed by atoms with Gasteiger partial charge in [0.15, 0.2) is 0 Å². The van der Waals surface area contributed by atoms with Crippen molar-refractivity contribution in [2.75, 3.05) is 0 Å². The summed E-state index contributed by atoms with van der Waals surface area (Å²) in [4.78, 5) is 14.1. The minimum absolute atomic E-state index is 0.182. The lowest BCUT2D eigenvalue weighted by atomic mass is 10.0. The van der Waals surface area contributed by atoms with Gasteiger partial charge in [0.05, 0.1) is 0 Å². The van der Waals surface area contributed by atoms with Gasteiger partial charge in [0, 0.05) is 0 Å². The first-order valence-corrected chi connectivity index (χ1v) is 3.00. The summed E-state index contributed by atoms with van der Waals surface area (Å²) in [5, 5.41) is -0.590. The summed E-state index contributed by atoms with van der Waals surface area (Å²) in [5.41, 5.74) is 0.480. The topological polar surface area (TPSA) is 30.0 Å². The zero-order chi connectivity index (χ0) is 7.56. The van der Waals surface area contributed by atoms with Crippen molar-refractivity contribution in [3.63, 3.8) is 0 Å². The van der Waals surface area contributed by atoms with Gasteiger partial charge in [0.2, 0.25) is 0 Å². The largest absolute Gasteiger partial charge is 0.274 e. The van der Waals surface area contributed by atoms with Crippen LogP contribution in [0.25, 0.3) is 0 Å². The zero-order valence-corrected chi connectivity index (χ0v) is 5.80. The van der Waals surface area contributed by atoms with Gasteiger partial charge in [-0.15, -0.1) is 0 Å². The van der Waals surface area contributed by atoms with E-state index in [9.17, 15) is 4.79 Å². The molecule has 0 saturated heterocycles. The number of nitrogens with zero attached hydrogens (tertiary/aromatic N) is 1. The van der Waals surface area contributed by atoms with Gasteiger partial charge in [0.25, 0.3) is 5.24 Å². The molecule has 0 atom stereocenters. The predicted molar refractivity (Wildman–Crippen MR) is 39.8 cm³/mol. The van der Waals surface area contributed by atoms with Crippen molar-refractivity contribution >= 4 is 30.3 Å². The van der Waals surface area contributed by atoms with E-state index in [0.717, 1.165) is 0 Å². The SMILES string of the molecule is [B]c1cccc(C(=O)Cl)n1. The Hall–Kier alpha value is -0.825. The minimum atomic E-state index is -0.590. The molecule has 0 unspecified atom stereocenters. The lowest BCUT2D eigenvalue weighted by molar-refractivity contribution is 0.107. The van der Waals surface area contributed by atoms with Gasteiger partial charge in [-0.1, -0.05) is 12.1 Å². The molecule has 0 aliphatic rings. The summed E-state index contributed by atoms with van der Waals surface area (Å²) in [5.74, 6) is 0. The second-order valence-corrected chi connectivity index (χ2v) is 2.06. The molecule has 0 saturated carbocycles. The Morgan fingerprint density at radius 3 is 2.70 bits per heavy atom. The van der Waals surface area contributed by atoms with Crippen LogP contribution in [0, 0.1) is 0 Å². The molecule has 0 aromatic carbocycles. The first kappa shape index (κ1) is 7.28. The molecule has 0 bridgehead atoms. The first-order valence-electron chi connectivity index (χ1n) is 2.62. The van der Waals surface area contributed by atoms with Crippen LogP contribution in [-0.4, -0.2) is 18.1 Å². The highest BCUT2D eigenvalue weighted by molar-refractivity contribution is 6.67. The van der Waals surface area contributed by atoms with Crippen molar-refractivity contribution < 1.29 is 4.79 Å². The smallest absolute Gasteiger partial charge is 0.270 e.